The zero-order valence-electron chi connectivity index (χ0n) is 6.09. The minimum absolute atomic E-state index is 0.868. The van der Waals surface area contributed by atoms with Crippen LogP contribution in [0.25, 0.3) is 0 Å². The molecule has 2 rings (SSSR count). The molecule has 0 saturated heterocycles. The molecule has 0 N–H and O–H groups in total. The van der Waals surface area contributed by atoms with Crippen molar-refractivity contribution >= 4 is 15.9 Å². The van der Waals surface area contributed by atoms with Gasteiger partial charge in [-0.15, -0.1) is 0 Å². The van der Waals surface area contributed by atoms with E-state index in [1.54, 1.807) is 0 Å². The molecule has 0 aromatic carbocycles. The minimum Gasteiger partial charge on any atom is -0.0885 e. The zero-order valence-corrected chi connectivity index (χ0v) is 7.68. The van der Waals surface area contributed by atoms with Gasteiger partial charge in [-0.3, -0.25) is 0 Å². The Morgan fingerprint density at radius 2 is 1.50 bits per heavy atom. The standard InChI is InChI=1S/C9H13Br/c10-9-7-5-3-1-2-4-6-8(7)9/h1-2,7-9H,3-6H2/b2-1-. The van der Waals surface area contributed by atoms with Crippen molar-refractivity contribution in [3.05, 3.63) is 12.2 Å². The monoisotopic (exact) mass is 200 g/mol. The Morgan fingerprint density at radius 3 is 2.00 bits per heavy atom. The van der Waals surface area contributed by atoms with E-state index >= 15 is 0 Å². The van der Waals surface area contributed by atoms with E-state index in [-0.39, 0.29) is 0 Å². The SMILES string of the molecule is BrC1C2CC/C=C\CCC12. The Kier molecular flexibility index (Phi) is 1.86. The van der Waals surface area contributed by atoms with Gasteiger partial charge in [0.1, 0.15) is 0 Å². The molecule has 1 saturated carbocycles. The highest BCUT2D eigenvalue weighted by molar-refractivity contribution is 9.09. The fraction of sp³-hybridized carbons (Fsp3) is 0.778. The maximum Gasteiger partial charge on any atom is 0.0208 e. The second kappa shape index (κ2) is 2.69. The predicted molar refractivity (Wildman–Crippen MR) is 47.3 cm³/mol. The number of rotatable bonds is 0. The van der Waals surface area contributed by atoms with Gasteiger partial charge in [-0.05, 0) is 37.5 Å². The number of hydrogen-bond donors (Lipinski definition) is 0. The van der Waals surface area contributed by atoms with Crippen LogP contribution in [-0.4, -0.2) is 4.83 Å². The third-order valence-corrected chi connectivity index (χ3v) is 4.09. The molecule has 0 aliphatic heterocycles. The molecule has 56 valence electrons. The summed E-state index contributed by atoms with van der Waals surface area (Å²) in [6, 6.07) is 0. The molecule has 2 unspecified atom stereocenters. The van der Waals surface area contributed by atoms with Crippen LogP contribution in [0.15, 0.2) is 12.2 Å². The van der Waals surface area contributed by atoms with Gasteiger partial charge >= 0.3 is 0 Å². The van der Waals surface area contributed by atoms with Gasteiger partial charge in [-0.1, -0.05) is 28.1 Å². The second-order valence-corrected chi connectivity index (χ2v) is 4.46. The first-order chi connectivity index (χ1) is 4.89. The lowest BCUT2D eigenvalue weighted by Crippen LogP contribution is -1.85. The minimum atomic E-state index is 0.868. The van der Waals surface area contributed by atoms with Gasteiger partial charge in [0, 0.05) is 4.83 Å². The van der Waals surface area contributed by atoms with Crippen molar-refractivity contribution < 1.29 is 0 Å². The summed E-state index contributed by atoms with van der Waals surface area (Å²) in [6.07, 6.45) is 10.1. The smallest absolute Gasteiger partial charge is 0.0208 e. The van der Waals surface area contributed by atoms with E-state index in [9.17, 15) is 0 Å². The van der Waals surface area contributed by atoms with Crippen LogP contribution in [-0.2, 0) is 0 Å². The van der Waals surface area contributed by atoms with Gasteiger partial charge < -0.3 is 0 Å². The summed E-state index contributed by atoms with van der Waals surface area (Å²) in [4.78, 5) is 0.868. The molecule has 0 bridgehead atoms. The second-order valence-electron chi connectivity index (χ2n) is 3.40. The van der Waals surface area contributed by atoms with E-state index < -0.39 is 0 Å². The topological polar surface area (TPSA) is 0 Å². The highest BCUT2D eigenvalue weighted by Crippen LogP contribution is 2.51. The molecule has 0 heterocycles. The van der Waals surface area contributed by atoms with Crippen molar-refractivity contribution in [2.45, 2.75) is 30.5 Å². The number of hydrogen-bond acceptors (Lipinski definition) is 0. The van der Waals surface area contributed by atoms with Gasteiger partial charge in [0.2, 0.25) is 0 Å². The molecule has 0 amide bonds. The number of allylic oxidation sites excluding steroid dienone is 2. The summed E-state index contributed by atoms with van der Waals surface area (Å²) in [5.74, 6) is 2.04. The van der Waals surface area contributed by atoms with E-state index in [0.29, 0.717) is 0 Å². The van der Waals surface area contributed by atoms with Crippen LogP contribution in [0.5, 0.6) is 0 Å². The van der Waals surface area contributed by atoms with Crippen molar-refractivity contribution in [3.63, 3.8) is 0 Å². The summed E-state index contributed by atoms with van der Waals surface area (Å²) < 4.78 is 0. The van der Waals surface area contributed by atoms with Crippen LogP contribution >= 0.6 is 15.9 Å². The predicted octanol–water partition coefficient (Wildman–Crippen LogP) is 3.13. The summed E-state index contributed by atoms with van der Waals surface area (Å²) >= 11 is 3.72. The van der Waals surface area contributed by atoms with Gasteiger partial charge in [0.25, 0.3) is 0 Å². The largest absolute Gasteiger partial charge is 0.0885 e. The number of fused-ring (bicyclic) bond motifs is 1. The van der Waals surface area contributed by atoms with Gasteiger partial charge in [0.05, 0.1) is 0 Å². The summed E-state index contributed by atoms with van der Waals surface area (Å²) in [5.41, 5.74) is 0. The van der Waals surface area contributed by atoms with Gasteiger partial charge in [-0.2, -0.15) is 0 Å². The first kappa shape index (κ1) is 6.90. The Bertz CT molecular complexity index is 135. The molecule has 10 heavy (non-hydrogen) atoms. The maximum absolute atomic E-state index is 3.72. The van der Waals surface area contributed by atoms with Crippen molar-refractivity contribution in [2.75, 3.05) is 0 Å². The molecule has 0 aromatic heterocycles. The lowest BCUT2D eigenvalue weighted by molar-refractivity contribution is 0.605. The fourth-order valence-electron chi connectivity index (χ4n) is 1.96. The van der Waals surface area contributed by atoms with Crippen LogP contribution in [0.2, 0.25) is 0 Å². The van der Waals surface area contributed by atoms with Gasteiger partial charge in [0.15, 0.2) is 0 Å². The van der Waals surface area contributed by atoms with Crippen molar-refractivity contribution in [1.29, 1.82) is 0 Å². The number of halogens is 1. The Labute approximate surface area is 70.8 Å². The lowest BCUT2D eigenvalue weighted by Gasteiger charge is -1.98. The fourth-order valence-corrected chi connectivity index (χ4v) is 3.09. The maximum atomic E-state index is 3.72. The zero-order chi connectivity index (χ0) is 6.97. The van der Waals surface area contributed by atoms with Crippen molar-refractivity contribution in [1.82, 2.24) is 0 Å². The van der Waals surface area contributed by atoms with Crippen LogP contribution in [0.3, 0.4) is 0 Å². The lowest BCUT2D eigenvalue weighted by atomic mass is 10.1. The number of alkyl halides is 1. The first-order valence-electron chi connectivity index (χ1n) is 4.18. The molecular weight excluding hydrogens is 188 g/mol. The van der Waals surface area contributed by atoms with E-state index in [2.05, 4.69) is 28.1 Å². The van der Waals surface area contributed by atoms with E-state index in [1.165, 1.54) is 25.7 Å². The molecule has 0 aromatic rings. The molecule has 1 fully saturated rings. The molecule has 2 aliphatic rings. The van der Waals surface area contributed by atoms with Crippen molar-refractivity contribution in [2.24, 2.45) is 11.8 Å². The average molecular weight is 201 g/mol. The Hall–Kier alpha value is 0.220. The van der Waals surface area contributed by atoms with Gasteiger partial charge in [-0.25, -0.2) is 0 Å². The average Bonchev–Trinajstić information content (AvgIpc) is 2.39. The molecule has 0 spiro atoms. The Balaban J connectivity index is 1.94. The van der Waals surface area contributed by atoms with E-state index in [1.807, 2.05) is 0 Å². The normalized spacial score (nSPS) is 48.7. The van der Waals surface area contributed by atoms with Crippen LogP contribution in [0.1, 0.15) is 25.7 Å². The highest BCUT2D eigenvalue weighted by atomic mass is 79.9. The van der Waals surface area contributed by atoms with Crippen LogP contribution < -0.4 is 0 Å². The first-order valence-corrected chi connectivity index (χ1v) is 5.10. The Morgan fingerprint density at radius 1 is 1.00 bits per heavy atom. The molecule has 2 atom stereocenters. The third-order valence-electron chi connectivity index (χ3n) is 2.73. The summed E-state index contributed by atoms with van der Waals surface area (Å²) in [7, 11) is 0. The molecule has 2 aliphatic carbocycles. The highest BCUT2D eigenvalue weighted by Gasteiger charge is 2.46. The van der Waals surface area contributed by atoms with E-state index in [4.69, 9.17) is 0 Å². The molecule has 1 heteroatoms. The quantitative estimate of drug-likeness (QED) is 0.417. The summed E-state index contributed by atoms with van der Waals surface area (Å²) in [6.45, 7) is 0. The van der Waals surface area contributed by atoms with Crippen LogP contribution in [0.4, 0.5) is 0 Å². The van der Waals surface area contributed by atoms with Crippen molar-refractivity contribution in [3.8, 4) is 0 Å². The van der Waals surface area contributed by atoms with E-state index in [0.717, 1.165) is 16.7 Å². The summed E-state index contributed by atoms with van der Waals surface area (Å²) in [5, 5.41) is 0. The molecular formula is C9H13Br. The van der Waals surface area contributed by atoms with Crippen LogP contribution in [0, 0.1) is 11.8 Å². The molecule has 0 radical (unpaired) electrons. The molecule has 0 nitrogen and oxygen atoms in total. The third kappa shape index (κ3) is 1.16.